The normalized spacial score (nSPS) is 11.1. The van der Waals surface area contributed by atoms with Gasteiger partial charge in [0.2, 0.25) is 5.91 Å². The third kappa shape index (κ3) is 2.34. The molecule has 2 rings (SSSR count). The van der Waals surface area contributed by atoms with Gasteiger partial charge < -0.3 is 5.73 Å². The quantitative estimate of drug-likeness (QED) is 0.806. The van der Waals surface area contributed by atoms with E-state index < -0.39 is 5.91 Å². The topological polar surface area (TPSA) is 73.8 Å². The van der Waals surface area contributed by atoms with Crippen molar-refractivity contribution in [3.8, 4) is 10.6 Å². The van der Waals surface area contributed by atoms with Crippen LogP contribution in [0.25, 0.3) is 16.6 Å². The number of carbonyl (C=O) groups is 1. The maximum atomic E-state index is 10.6. The number of hydrogen-bond donors (Lipinski definition) is 1. The first kappa shape index (κ1) is 10.6. The number of hydrogen-bond acceptors (Lipinski definition) is 4. The molecule has 0 saturated heterocycles. The van der Waals surface area contributed by atoms with Gasteiger partial charge in [0.1, 0.15) is 5.01 Å². The van der Waals surface area contributed by atoms with Gasteiger partial charge in [-0.15, -0.1) is 11.3 Å². The molecule has 0 aliphatic heterocycles. The lowest BCUT2D eigenvalue weighted by Crippen LogP contribution is -2.05. The molecule has 2 aromatic rings. The number of nitrogens with two attached hydrogens (primary N) is 1. The molecule has 6 heteroatoms. The van der Waals surface area contributed by atoms with E-state index in [4.69, 9.17) is 5.73 Å². The Hall–Kier alpha value is -1.95. The number of aromatic nitrogens is 3. The minimum absolute atomic E-state index is 0.476. The largest absolute Gasteiger partial charge is 0.366 e. The van der Waals surface area contributed by atoms with Crippen molar-refractivity contribution in [3.05, 3.63) is 29.5 Å². The van der Waals surface area contributed by atoms with Crippen molar-refractivity contribution < 1.29 is 4.79 Å². The van der Waals surface area contributed by atoms with Crippen LogP contribution >= 0.6 is 11.3 Å². The van der Waals surface area contributed by atoms with E-state index in [0.29, 0.717) is 0 Å². The molecule has 0 spiro atoms. The summed E-state index contributed by atoms with van der Waals surface area (Å²) in [4.78, 5) is 14.9. The molecule has 0 radical (unpaired) electrons. The van der Waals surface area contributed by atoms with E-state index in [0.717, 1.165) is 16.3 Å². The molecule has 0 aliphatic carbocycles. The number of amides is 1. The Morgan fingerprint density at radius 1 is 1.62 bits per heavy atom. The Balaban J connectivity index is 2.23. The lowest BCUT2D eigenvalue weighted by atomic mass is 10.3. The molecule has 0 atom stereocenters. The molecule has 82 valence electrons. The van der Waals surface area contributed by atoms with Gasteiger partial charge in [-0.3, -0.25) is 9.48 Å². The van der Waals surface area contributed by atoms with Gasteiger partial charge in [-0.25, -0.2) is 4.98 Å². The number of carbonyl (C=O) groups excluding carboxylic acids is 1. The van der Waals surface area contributed by atoms with E-state index in [1.165, 1.54) is 17.4 Å². The van der Waals surface area contributed by atoms with Crippen LogP contribution in [-0.4, -0.2) is 20.7 Å². The van der Waals surface area contributed by atoms with Gasteiger partial charge in [-0.05, 0) is 6.08 Å². The van der Waals surface area contributed by atoms with Crippen LogP contribution in [0.5, 0.6) is 0 Å². The Morgan fingerprint density at radius 3 is 3.06 bits per heavy atom. The zero-order valence-electron chi connectivity index (χ0n) is 8.62. The van der Waals surface area contributed by atoms with Gasteiger partial charge in [0.15, 0.2) is 0 Å². The lowest BCUT2D eigenvalue weighted by Gasteiger charge is -1.86. The first-order chi connectivity index (χ1) is 7.65. The third-order valence-corrected chi connectivity index (χ3v) is 2.80. The zero-order chi connectivity index (χ0) is 11.5. The van der Waals surface area contributed by atoms with Crippen LogP contribution in [0.2, 0.25) is 0 Å². The Bertz CT molecular complexity index is 541. The van der Waals surface area contributed by atoms with Crippen LogP contribution in [-0.2, 0) is 11.8 Å². The number of thiazole rings is 1. The van der Waals surface area contributed by atoms with Gasteiger partial charge in [0, 0.05) is 30.3 Å². The fraction of sp³-hybridized carbons (Fsp3) is 0.100. The van der Waals surface area contributed by atoms with Crippen molar-refractivity contribution >= 4 is 23.3 Å². The fourth-order valence-corrected chi connectivity index (χ4v) is 1.96. The summed E-state index contributed by atoms with van der Waals surface area (Å²) in [5, 5.41) is 6.80. The van der Waals surface area contributed by atoms with Crippen molar-refractivity contribution in [1.29, 1.82) is 0 Å². The molecule has 0 aliphatic rings. The highest BCUT2D eigenvalue weighted by atomic mass is 32.1. The number of aryl methyl sites for hydroxylation is 1. The second-order valence-electron chi connectivity index (χ2n) is 3.22. The van der Waals surface area contributed by atoms with Gasteiger partial charge in [-0.1, -0.05) is 0 Å². The average molecular weight is 234 g/mol. The van der Waals surface area contributed by atoms with E-state index in [9.17, 15) is 4.79 Å². The smallest absolute Gasteiger partial charge is 0.241 e. The third-order valence-electron chi connectivity index (χ3n) is 1.89. The van der Waals surface area contributed by atoms with Crippen molar-refractivity contribution in [3.63, 3.8) is 0 Å². The molecule has 16 heavy (non-hydrogen) atoms. The van der Waals surface area contributed by atoms with Crippen molar-refractivity contribution in [1.82, 2.24) is 14.8 Å². The number of nitrogens with zero attached hydrogens (tertiary/aromatic N) is 3. The molecule has 2 N–H and O–H groups in total. The predicted molar refractivity (Wildman–Crippen MR) is 62.5 cm³/mol. The predicted octanol–water partition coefficient (Wildman–Crippen LogP) is 1.04. The highest BCUT2D eigenvalue weighted by Crippen LogP contribution is 2.23. The van der Waals surface area contributed by atoms with Crippen molar-refractivity contribution in [2.75, 3.05) is 0 Å². The van der Waals surface area contributed by atoms with E-state index in [2.05, 4.69) is 10.1 Å². The summed E-state index contributed by atoms with van der Waals surface area (Å²) in [6.45, 7) is 0. The molecule has 0 aromatic carbocycles. The van der Waals surface area contributed by atoms with Crippen molar-refractivity contribution in [2.24, 2.45) is 12.8 Å². The molecule has 0 unspecified atom stereocenters. The summed E-state index contributed by atoms with van der Waals surface area (Å²) in [6.07, 6.45) is 6.53. The zero-order valence-corrected chi connectivity index (χ0v) is 9.44. The highest BCUT2D eigenvalue weighted by molar-refractivity contribution is 7.13. The SMILES string of the molecule is Cn1cc(-c2nc(/C=C/C(N)=O)cs2)cn1. The standard InChI is InChI=1S/C10H10N4OS/c1-14-5-7(4-12-14)10-13-8(6-16-10)2-3-9(11)15/h2-6H,1H3,(H2,11,15)/b3-2+. The molecule has 0 fully saturated rings. The van der Waals surface area contributed by atoms with Gasteiger partial charge in [-0.2, -0.15) is 5.10 Å². The second kappa shape index (κ2) is 4.28. The van der Waals surface area contributed by atoms with Crippen LogP contribution in [0.3, 0.4) is 0 Å². The average Bonchev–Trinajstić information content (AvgIpc) is 2.83. The molecular formula is C10H10N4OS. The summed E-state index contributed by atoms with van der Waals surface area (Å²) in [6, 6.07) is 0. The molecule has 5 nitrogen and oxygen atoms in total. The minimum atomic E-state index is -0.476. The molecule has 0 saturated carbocycles. The summed E-state index contributed by atoms with van der Waals surface area (Å²) < 4.78 is 1.72. The van der Waals surface area contributed by atoms with E-state index >= 15 is 0 Å². The molecule has 2 heterocycles. The van der Waals surface area contributed by atoms with E-state index in [1.807, 2.05) is 18.6 Å². The minimum Gasteiger partial charge on any atom is -0.366 e. The van der Waals surface area contributed by atoms with Gasteiger partial charge >= 0.3 is 0 Å². The van der Waals surface area contributed by atoms with Crippen LogP contribution in [0, 0.1) is 0 Å². The maximum Gasteiger partial charge on any atom is 0.241 e. The number of rotatable bonds is 3. The monoisotopic (exact) mass is 234 g/mol. The van der Waals surface area contributed by atoms with Gasteiger partial charge in [0.25, 0.3) is 0 Å². The summed E-state index contributed by atoms with van der Waals surface area (Å²) in [5.41, 5.74) is 6.69. The van der Waals surface area contributed by atoms with Crippen molar-refractivity contribution in [2.45, 2.75) is 0 Å². The second-order valence-corrected chi connectivity index (χ2v) is 4.07. The van der Waals surface area contributed by atoms with E-state index in [1.54, 1.807) is 17.0 Å². The number of primary amides is 1. The lowest BCUT2D eigenvalue weighted by molar-refractivity contribution is -0.113. The first-order valence-electron chi connectivity index (χ1n) is 4.57. The van der Waals surface area contributed by atoms with Crippen LogP contribution in [0.15, 0.2) is 23.8 Å². The molecule has 1 amide bonds. The molecule has 0 bridgehead atoms. The Morgan fingerprint density at radius 2 is 2.44 bits per heavy atom. The molecular weight excluding hydrogens is 224 g/mol. The van der Waals surface area contributed by atoms with Crippen LogP contribution in [0.1, 0.15) is 5.69 Å². The van der Waals surface area contributed by atoms with Crippen LogP contribution in [0.4, 0.5) is 0 Å². The summed E-state index contributed by atoms with van der Waals surface area (Å²) >= 11 is 1.50. The fourth-order valence-electron chi connectivity index (χ4n) is 1.19. The van der Waals surface area contributed by atoms with Crippen LogP contribution < -0.4 is 5.73 Å². The van der Waals surface area contributed by atoms with E-state index in [-0.39, 0.29) is 0 Å². The Labute approximate surface area is 96.2 Å². The highest BCUT2D eigenvalue weighted by Gasteiger charge is 2.04. The van der Waals surface area contributed by atoms with Gasteiger partial charge in [0.05, 0.1) is 11.9 Å². The first-order valence-corrected chi connectivity index (χ1v) is 5.45. The summed E-state index contributed by atoms with van der Waals surface area (Å²) in [5.74, 6) is -0.476. The maximum absolute atomic E-state index is 10.6. The summed E-state index contributed by atoms with van der Waals surface area (Å²) in [7, 11) is 1.85. The molecule has 2 aromatic heterocycles. The Kier molecular flexibility index (Phi) is 2.82.